The van der Waals surface area contributed by atoms with Crippen molar-refractivity contribution in [3.63, 3.8) is 0 Å². The maximum atomic E-state index is 11.5. The lowest BCUT2D eigenvalue weighted by Crippen LogP contribution is -2.02. The van der Waals surface area contributed by atoms with Crippen molar-refractivity contribution >= 4 is 11.5 Å². The van der Waals surface area contributed by atoms with Gasteiger partial charge >= 0.3 is 5.97 Å². The van der Waals surface area contributed by atoms with Crippen LogP contribution >= 0.6 is 0 Å². The molecule has 0 unspecified atom stereocenters. The summed E-state index contributed by atoms with van der Waals surface area (Å²) in [6, 6.07) is 3.03. The topological polar surface area (TPSA) is 73.1 Å². The number of hydrogen-bond acceptors (Lipinski definition) is 5. The summed E-state index contributed by atoms with van der Waals surface area (Å²) in [7, 11) is 1.30. The van der Waals surface area contributed by atoms with Gasteiger partial charge in [-0.1, -0.05) is 0 Å². The summed E-state index contributed by atoms with van der Waals surface area (Å²) in [6.45, 7) is 2.18. The van der Waals surface area contributed by atoms with Gasteiger partial charge in [-0.25, -0.2) is 4.79 Å². The third kappa shape index (κ3) is 1.77. The van der Waals surface area contributed by atoms with Crippen LogP contribution in [0.5, 0.6) is 11.6 Å². The molecule has 6 nitrogen and oxygen atoms in total. The highest BCUT2D eigenvalue weighted by molar-refractivity contribution is 5.96. The standard InChI is InChI=1S/C11H12N2O4/c1-3-17-10-9(14)5-4-8-7(11(15)16-2)6-12-13(8)10/h4-6,14H,3H2,1-2H3. The highest BCUT2D eigenvalue weighted by atomic mass is 16.5. The summed E-state index contributed by atoms with van der Waals surface area (Å²) in [4.78, 5) is 11.5. The van der Waals surface area contributed by atoms with Crippen molar-refractivity contribution in [2.24, 2.45) is 0 Å². The largest absolute Gasteiger partial charge is 0.503 e. The molecule has 0 amide bonds. The fourth-order valence-electron chi connectivity index (χ4n) is 1.56. The first-order valence-corrected chi connectivity index (χ1v) is 5.09. The van der Waals surface area contributed by atoms with Gasteiger partial charge in [-0.05, 0) is 19.1 Å². The van der Waals surface area contributed by atoms with Crippen LogP contribution in [-0.2, 0) is 4.74 Å². The van der Waals surface area contributed by atoms with Crippen LogP contribution in [0.2, 0.25) is 0 Å². The molecule has 0 aliphatic heterocycles. The van der Waals surface area contributed by atoms with E-state index in [0.717, 1.165) is 0 Å². The SMILES string of the molecule is CCOc1c(O)ccc2c(C(=O)OC)cnn12. The van der Waals surface area contributed by atoms with Crippen molar-refractivity contribution in [2.75, 3.05) is 13.7 Å². The first-order valence-electron chi connectivity index (χ1n) is 5.09. The molecule has 2 heterocycles. The zero-order chi connectivity index (χ0) is 12.4. The smallest absolute Gasteiger partial charge is 0.341 e. The van der Waals surface area contributed by atoms with E-state index in [1.54, 1.807) is 13.0 Å². The Morgan fingerprint density at radius 1 is 1.53 bits per heavy atom. The Bertz CT molecular complexity index is 562. The van der Waals surface area contributed by atoms with Gasteiger partial charge in [0.05, 0.1) is 25.4 Å². The van der Waals surface area contributed by atoms with Crippen LogP contribution in [0.25, 0.3) is 5.52 Å². The van der Waals surface area contributed by atoms with E-state index >= 15 is 0 Å². The number of rotatable bonds is 3. The van der Waals surface area contributed by atoms with Crippen LogP contribution < -0.4 is 4.74 Å². The average Bonchev–Trinajstić information content (AvgIpc) is 2.76. The van der Waals surface area contributed by atoms with Gasteiger partial charge in [0, 0.05) is 0 Å². The van der Waals surface area contributed by atoms with Crippen LogP contribution in [0, 0.1) is 0 Å². The number of pyridine rings is 1. The van der Waals surface area contributed by atoms with Gasteiger partial charge in [0.15, 0.2) is 5.75 Å². The molecule has 0 aromatic carbocycles. The maximum Gasteiger partial charge on any atom is 0.341 e. The number of aromatic nitrogens is 2. The number of aromatic hydroxyl groups is 1. The van der Waals surface area contributed by atoms with Crippen LogP contribution in [0.4, 0.5) is 0 Å². The zero-order valence-electron chi connectivity index (χ0n) is 9.51. The molecule has 0 atom stereocenters. The van der Waals surface area contributed by atoms with Crippen molar-refractivity contribution in [1.29, 1.82) is 0 Å². The van der Waals surface area contributed by atoms with Crippen molar-refractivity contribution in [3.8, 4) is 11.6 Å². The molecule has 0 bridgehead atoms. The second kappa shape index (κ2) is 4.32. The molecule has 1 N–H and O–H groups in total. The fraction of sp³-hybridized carbons (Fsp3) is 0.273. The molecule has 0 aliphatic carbocycles. The highest BCUT2D eigenvalue weighted by Crippen LogP contribution is 2.28. The third-order valence-electron chi connectivity index (χ3n) is 2.30. The van der Waals surface area contributed by atoms with Gasteiger partial charge in [0.1, 0.15) is 5.56 Å². The van der Waals surface area contributed by atoms with Gasteiger partial charge in [-0.15, -0.1) is 0 Å². The number of carbonyl (C=O) groups is 1. The molecule has 17 heavy (non-hydrogen) atoms. The minimum absolute atomic E-state index is 0.0288. The van der Waals surface area contributed by atoms with E-state index < -0.39 is 5.97 Å². The molecule has 6 heteroatoms. The minimum atomic E-state index is -0.479. The van der Waals surface area contributed by atoms with E-state index in [-0.39, 0.29) is 11.6 Å². The number of fused-ring (bicyclic) bond motifs is 1. The number of hydrogen-bond donors (Lipinski definition) is 1. The van der Waals surface area contributed by atoms with Gasteiger partial charge in [-0.2, -0.15) is 9.61 Å². The molecule has 0 spiro atoms. The second-order valence-corrected chi connectivity index (χ2v) is 3.30. The predicted octanol–water partition coefficient (Wildman–Crippen LogP) is 1.23. The number of carbonyl (C=O) groups excluding carboxylic acids is 1. The van der Waals surface area contributed by atoms with E-state index in [0.29, 0.717) is 17.7 Å². The molecular formula is C11H12N2O4. The number of methoxy groups -OCH3 is 1. The Balaban J connectivity index is 2.64. The molecule has 2 aromatic heterocycles. The Kier molecular flexibility index (Phi) is 2.86. The summed E-state index contributed by atoms with van der Waals surface area (Å²) in [5.74, 6) is -0.299. The quantitative estimate of drug-likeness (QED) is 0.811. The monoisotopic (exact) mass is 236 g/mol. The molecule has 2 aromatic rings. The normalized spacial score (nSPS) is 10.5. The molecule has 2 rings (SSSR count). The highest BCUT2D eigenvalue weighted by Gasteiger charge is 2.17. The predicted molar refractivity (Wildman–Crippen MR) is 59.4 cm³/mol. The first kappa shape index (κ1) is 11.3. The Hall–Kier alpha value is -2.24. The number of nitrogens with zero attached hydrogens (tertiary/aromatic N) is 2. The number of ether oxygens (including phenoxy) is 2. The van der Waals surface area contributed by atoms with Gasteiger partial charge in [0.25, 0.3) is 5.88 Å². The molecule has 0 saturated carbocycles. The van der Waals surface area contributed by atoms with Crippen molar-refractivity contribution in [1.82, 2.24) is 9.61 Å². The molecule has 0 radical (unpaired) electrons. The summed E-state index contributed by atoms with van der Waals surface area (Å²) in [6.07, 6.45) is 1.38. The zero-order valence-corrected chi connectivity index (χ0v) is 9.51. The van der Waals surface area contributed by atoms with E-state index in [4.69, 9.17) is 4.74 Å². The lowest BCUT2D eigenvalue weighted by atomic mass is 10.2. The van der Waals surface area contributed by atoms with Crippen molar-refractivity contribution in [3.05, 3.63) is 23.9 Å². The van der Waals surface area contributed by atoms with Gasteiger partial charge in [0.2, 0.25) is 0 Å². The molecule has 0 saturated heterocycles. The number of esters is 1. The van der Waals surface area contributed by atoms with Crippen LogP contribution in [0.3, 0.4) is 0 Å². The molecule has 0 fully saturated rings. The van der Waals surface area contributed by atoms with E-state index in [1.165, 1.54) is 23.9 Å². The Morgan fingerprint density at radius 2 is 2.29 bits per heavy atom. The average molecular weight is 236 g/mol. The first-order chi connectivity index (χ1) is 8.19. The molecule has 0 aliphatic rings. The van der Waals surface area contributed by atoms with E-state index in [9.17, 15) is 9.90 Å². The van der Waals surface area contributed by atoms with Crippen molar-refractivity contribution in [2.45, 2.75) is 6.92 Å². The molecule has 90 valence electrons. The summed E-state index contributed by atoms with van der Waals surface area (Å²) >= 11 is 0. The lowest BCUT2D eigenvalue weighted by molar-refractivity contribution is 0.0603. The van der Waals surface area contributed by atoms with E-state index in [2.05, 4.69) is 9.84 Å². The fourth-order valence-corrected chi connectivity index (χ4v) is 1.56. The summed E-state index contributed by atoms with van der Waals surface area (Å²) in [5.41, 5.74) is 0.853. The summed E-state index contributed by atoms with van der Waals surface area (Å²) in [5, 5.41) is 13.6. The van der Waals surface area contributed by atoms with Gasteiger partial charge < -0.3 is 14.6 Å². The van der Waals surface area contributed by atoms with E-state index in [1.807, 2.05) is 0 Å². The van der Waals surface area contributed by atoms with Crippen molar-refractivity contribution < 1.29 is 19.4 Å². The lowest BCUT2D eigenvalue weighted by Gasteiger charge is -2.07. The van der Waals surface area contributed by atoms with Crippen LogP contribution in [-0.4, -0.2) is 34.4 Å². The van der Waals surface area contributed by atoms with Gasteiger partial charge in [-0.3, -0.25) is 0 Å². The van der Waals surface area contributed by atoms with Crippen LogP contribution in [0.1, 0.15) is 17.3 Å². The second-order valence-electron chi connectivity index (χ2n) is 3.30. The minimum Gasteiger partial charge on any atom is -0.503 e. The Morgan fingerprint density at radius 3 is 2.94 bits per heavy atom. The van der Waals surface area contributed by atoms with Crippen LogP contribution in [0.15, 0.2) is 18.3 Å². The maximum absolute atomic E-state index is 11.5. The molecular weight excluding hydrogens is 224 g/mol. The summed E-state index contributed by atoms with van der Waals surface area (Å²) < 4.78 is 11.3. The third-order valence-corrected chi connectivity index (χ3v) is 2.30. The Labute approximate surface area is 97.4 Å².